The number of nitrogens with one attached hydrogen (secondary N) is 1. The minimum atomic E-state index is -0.289. The van der Waals surface area contributed by atoms with Crippen molar-refractivity contribution in [2.24, 2.45) is 0 Å². The van der Waals surface area contributed by atoms with E-state index in [1.54, 1.807) is 18.2 Å². The van der Waals surface area contributed by atoms with Gasteiger partial charge in [-0.1, -0.05) is 32.4 Å². The largest absolute Gasteiger partial charge is 0.496 e. The maximum atomic E-state index is 12.9. The molecular formula is C20H26ClN3O3. The monoisotopic (exact) mass is 391 g/mol. The zero-order chi connectivity index (χ0) is 19.6. The molecule has 0 aliphatic carbocycles. The fourth-order valence-corrected chi connectivity index (χ4v) is 3.22. The number of ether oxygens (including phenoxy) is 2. The number of halogens is 1. The molecule has 1 amide bonds. The second kappa shape index (κ2) is 7.90. The molecular weight excluding hydrogens is 366 g/mol. The van der Waals surface area contributed by atoms with Gasteiger partial charge in [-0.2, -0.15) is 5.10 Å². The van der Waals surface area contributed by atoms with Gasteiger partial charge in [0.2, 0.25) is 0 Å². The van der Waals surface area contributed by atoms with Gasteiger partial charge in [-0.15, -0.1) is 0 Å². The highest BCUT2D eigenvalue weighted by atomic mass is 35.5. The standard InChI is InChI=1S/C20H26ClN3O3/c1-20(2,3)17-11-18(24(23-17)12-14-6-5-9-27-14)22-19(25)15-10-13(21)7-8-16(15)26-4/h7-8,10-11,14H,5-6,9,12H2,1-4H3,(H,22,25)/t14-/m1/s1. The van der Waals surface area contributed by atoms with Crippen LogP contribution in [0.25, 0.3) is 0 Å². The average Bonchev–Trinajstić information content (AvgIpc) is 3.25. The Kier molecular flexibility index (Phi) is 5.77. The summed E-state index contributed by atoms with van der Waals surface area (Å²) in [6, 6.07) is 6.89. The zero-order valence-corrected chi connectivity index (χ0v) is 17.0. The molecule has 0 saturated carbocycles. The second-order valence-corrected chi connectivity index (χ2v) is 8.22. The lowest BCUT2D eigenvalue weighted by Crippen LogP contribution is -2.21. The number of nitrogens with zero attached hydrogens (tertiary/aromatic N) is 2. The van der Waals surface area contributed by atoms with Gasteiger partial charge in [0.25, 0.3) is 5.91 Å². The third-order valence-corrected chi connectivity index (χ3v) is 4.83. The maximum absolute atomic E-state index is 12.9. The number of rotatable bonds is 5. The van der Waals surface area contributed by atoms with Crippen LogP contribution < -0.4 is 10.1 Å². The van der Waals surface area contributed by atoms with Crippen LogP contribution in [0.1, 0.15) is 49.7 Å². The van der Waals surface area contributed by atoms with Gasteiger partial charge in [-0.05, 0) is 31.0 Å². The number of anilines is 1. The molecule has 2 aromatic rings. The molecule has 27 heavy (non-hydrogen) atoms. The van der Waals surface area contributed by atoms with Crippen molar-refractivity contribution in [1.82, 2.24) is 9.78 Å². The summed E-state index contributed by atoms with van der Waals surface area (Å²) in [6.07, 6.45) is 2.17. The smallest absolute Gasteiger partial charge is 0.260 e. The molecule has 1 N–H and O–H groups in total. The van der Waals surface area contributed by atoms with E-state index in [-0.39, 0.29) is 17.4 Å². The number of methoxy groups -OCH3 is 1. The lowest BCUT2D eigenvalue weighted by atomic mass is 9.92. The van der Waals surface area contributed by atoms with Crippen molar-refractivity contribution in [3.8, 4) is 5.75 Å². The van der Waals surface area contributed by atoms with E-state index in [9.17, 15) is 4.79 Å². The summed E-state index contributed by atoms with van der Waals surface area (Å²) in [5, 5.41) is 8.16. The Morgan fingerprint density at radius 1 is 1.41 bits per heavy atom. The highest BCUT2D eigenvalue weighted by molar-refractivity contribution is 6.31. The highest BCUT2D eigenvalue weighted by Gasteiger charge is 2.24. The molecule has 1 atom stereocenters. The van der Waals surface area contributed by atoms with Gasteiger partial charge in [0, 0.05) is 23.1 Å². The molecule has 7 heteroatoms. The molecule has 6 nitrogen and oxygen atoms in total. The van der Waals surface area contributed by atoms with Gasteiger partial charge in [0.05, 0.1) is 31.0 Å². The number of carbonyl (C=O) groups excluding carboxylic acids is 1. The summed E-state index contributed by atoms with van der Waals surface area (Å²) >= 11 is 6.06. The molecule has 146 valence electrons. The van der Waals surface area contributed by atoms with Gasteiger partial charge in [0.1, 0.15) is 11.6 Å². The third kappa shape index (κ3) is 4.62. The van der Waals surface area contributed by atoms with E-state index in [1.165, 1.54) is 7.11 Å². The fraction of sp³-hybridized carbons (Fsp3) is 0.500. The Bertz CT molecular complexity index is 820. The Hall–Kier alpha value is -2.05. The van der Waals surface area contributed by atoms with Crippen molar-refractivity contribution in [2.75, 3.05) is 19.0 Å². The van der Waals surface area contributed by atoms with Crippen LogP contribution in [-0.4, -0.2) is 35.5 Å². The van der Waals surface area contributed by atoms with Crippen molar-refractivity contribution in [3.05, 3.63) is 40.5 Å². The lowest BCUT2D eigenvalue weighted by molar-refractivity contribution is 0.0936. The van der Waals surface area contributed by atoms with E-state index in [2.05, 4.69) is 26.1 Å². The van der Waals surface area contributed by atoms with Crippen molar-refractivity contribution in [3.63, 3.8) is 0 Å². The fourth-order valence-electron chi connectivity index (χ4n) is 3.05. The summed E-state index contributed by atoms with van der Waals surface area (Å²) < 4.78 is 12.9. The Morgan fingerprint density at radius 2 is 2.19 bits per heavy atom. The molecule has 0 spiro atoms. The zero-order valence-electron chi connectivity index (χ0n) is 16.2. The van der Waals surface area contributed by atoms with Crippen LogP contribution in [0.15, 0.2) is 24.3 Å². The van der Waals surface area contributed by atoms with Crippen LogP contribution in [0.2, 0.25) is 5.02 Å². The number of hydrogen-bond acceptors (Lipinski definition) is 4. The normalized spacial score (nSPS) is 17.1. The van der Waals surface area contributed by atoms with E-state index in [0.29, 0.717) is 28.7 Å². The lowest BCUT2D eigenvalue weighted by Gasteiger charge is -2.15. The van der Waals surface area contributed by atoms with Crippen molar-refractivity contribution in [2.45, 2.75) is 51.7 Å². The van der Waals surface area contributed by atoms with Crippen LogP contribution in [0.4, 0.5) is 5.82 Å². The molecule has 0 radical (unpaired) electrons. The van der Waals surface area contributed by atoms with Gasteiger partial charge >= 0.3 is 0 Å². The number of amides is 1. The van der Waals surface area contributed by atoms with Gasteiger partial charge in [-0.3, -0.25) is 4.79 Å². The van der Waals surface area contributed by atoms with Crippen molar-refractivity contribution >= 4 is 23.3 Å². The Labute approximate surface area is 164 Å². The number of hydrogen-bond donors (Lipinski definition) is 1. The third-order valence-electron chi connectivity index (χ3n) is 4.60. The van der Waals surface area contributed by atoms with E-state index in [1.807, 2.05) is 10.7 Å². The van der Waals surface area contributed by atoms with Crippen LogP contribution in [-0.2, 0) is 16.7 Å². The quantitative estimate of drug-likeness (QED) is 0.826. The first-order chi connectivity index (χ1) is 12.8. The van der Waals surface area contributed by atoms with Crippen molar-refractivity contribution < 1.29 is 14.3 Å². The molecule has 1 aromatic carbocycles. The predicted octanol–water partition coefficient (Wildman–Crippen LogP) is 4.27. The number of aromatic nitrogens is 2. The number of benzene rings is 1. The molecule has 1 aromatic heterocycles. The average molecular weight is 392 g/mol. The van der Waals surface area contributed by atoms with Crippen LogP contribution in [0, 0.1) is 0 Å². The molecule has 1 aliphatic rings. The second-order valence-electron chi connectivity index (χ2n) is 7.78. The summed E-state index contributed by atoms with van der Waals surface area (Å²) in [5.41, 5.74) is 1.16. The van der Waals surface area contributed by atoms with Crippen LogP contribution >= 0.6 is 11.6 Å². The maximum Gasteiger partial charge on any atom is 0.260 e. The highest BCUT2D eigenvalue weighted by Crippen LogP contribution is 2.27. The molecule has 1 aliphatic heterocycles. The molecule has 1 fully saturated rings. The van der Waals surface area contributed by atoms with E-state index < -0.39 is 0 Å². The molecule has 3 rings (SSSR count). The molecule has 0 bridgehead atoms. The van der Waals surface area contributed by atoms with E-state index in [0.717, 1.165) is 25.1 Å². The van der Waals surface area contributed by atoms with Crippen LogP contribution in [0.3, 0.4) is 0 Å². The summed E-state index contributed by atoms with van der Waals surface area (Å²) in [5.74, 6) is 0.823. The van der Waals surface area contributed by atoms with Gasteiger partial charge in [0.15, 0.2) is 0 Å². The summed E-state index contributed by atoms with van der Waals surface area (Å²) in [6.45, 7) is 7.67. The molecule has 2 heterocycles. The predicted molar refractivity (Wildman–Crippen MR) is 106 cm³/mol. The Balaban J connectivity index is 1.89. The van der Waals surface area contributed by atoms with E-state index >= 15 is 0 Å². The minimum absolute atomic E-state index is 0.120. The topological polar surface area (TPSA) is 65.4 Å². The van der Waals surface area contributed by atoms with Gasteiger partial charge < -0.3 is 14.8 Å². The summed E-state index contributed by atoms with van der Waals surface area (Å²) in [4.78, 5) is 12.9. The van der Waals surface area contributed by atoms with Crippen LogP contribution in [0.5, 0.6) is 5.75 Å². The van der Waals surface area contributed by atoms with E-state index in [4.69, 9.17) is 26.2 Å². The first kappa shape index (κ1) is 19.7. The van der Waals surface area contributed by atoms with Gasteiger partial charge in [-0.25, -0.2) is 4.68 Å². The molecule has 0 unspecified atom stereocenters. The summed E-state index contributed by atoms with van der Waals surface area (Å²) in [7, 11) is 1.53. The van der Waals surface area contributed by atoms with Crippen molar-refractivity contribution in [1.29, 1.82) is 0 Å². The molecule has 1 saturated heterocycles. The first-order valence-electron chi connectivity index (χ1n) is 9.13. The minimum Gasteiger partial charge on any atom is -0.496 e. The number of carbonyl (C=O) groups is 1. The SMILES string of the molecule is COc1ccc(Cl)cc1C(=O)Nc1cc(C(C)(C)C)nn1C[C@H]1CCCO1. The first-order valence-corrected chi connectivity index (χ1v) is 9.50. The Morgan fingerprint density at radius 3 is 2.81 bits per heavy atom.